The molecule has 0 spiro atoms. The summed E-state index contributed by atoms with van der Waals surface area (Å²) in [4.78, 5) is 0. The molecule has 0 amide bonds. The number of benzene rings is 1. The Morgan fingerprint density at radius 1 is 1.19 bits per heavy atom. The van der Waals surface area contributed by atoms with Gasteiger partial charge in [-0.05, 0) is 50.1 Å². The van der Waals surface area contributed by atoms with Gasteiger partial charge in [0.15, 0.2) is 0 Å². The molecule has 1 aliphatic rings. The van der Waals surface area contributed by atoms with Crippen LogP contribution in [-0.4, -0.2) is 16.4 Å². The van der Waals surface area contributed by atoms with E-state index in [1.807, 2.05) is 31.2 Å². The van der Waals surface area contributed by atoms with E-state index in [0.717, 1.165) is 23.7 Å². The molecule has 0 atom stereocenters. The van der Waals surface area contributed by atoms with Gasteiger partial charge in [0.25, 0.3) is 0 Å². The highest BCUT2D eigenvalue weighted by Gasteiger charge is 2.17. The SMILES string of the molecule is CCOc1ccc(NCc2ccn(C3CCCC3)n2)cc1. The fraction of sp³-hybridized carbons (Fsp3) is 0.471. The Bertz CT molecular complexity index is 556. The average Bonchev–Trinajstić information content (AvgIpc) is 3.18. The lowest BCUT2D eigenvalue weighted by Gasteiger charge is -2.09. The smallest absolute Gasteiger partial charge is 0.119 e. The van der Waals surface area contributed by atoms with Gasteiger partial charge < -0.3 is 10.1 Å². The Hall–Kier alpha value is -1.97. The van der Waals surface area contributed by atoms with Crippen molar-refractivity contribution in [2.24, 2.45) is 0 Å². The zero-order valence-electron chi connectivity index (χ0n) is 12.6. The lowest BCUT2D eigenvalue weighted by atomic mass is 10.3. The molecule has 0 radical (unpaired) electrons. The van der Waals surface area contributed by atoms with Crippen LogP contribution in [0.3, 0.4) is 0 Å². The van der Waals surface area contributed by atoms with Crippen LogP contribution in [0.4, 0.5) is 5.69 Å². The number of hydrogen-bond donors (Lipinski definition) is 1. The summed E-state index contributed by atoms with van der Waals surface area (Å²) in [6, 6.07) is 10.8. The number of rotatable bonds is 6. The third-order valence-corrected chi connectivity index (χ3v) is 4.00. The van der Waals surface area contributed by atoms with Crippen LogP contribution in [0.15, 0.2) is 36.5 Å². The largest absolute Gasteiger partial charge is 0.494 e. The molecule has 2 aromatic rings. The molecule has 1 fully saturated rings. The number of hydrogen-bond acceptors (Lipinski definition) is 3. The first kappa shape index (κ1) is 14.0. The summed E-state index contributed by atoms with van der Waals surface area (Å²) in [5.74, 6) is 0.911. The van der Waals surface area contributed by atoms with Crippen molar-refractivity contribution >= 4 is 5.69 Å². The van der Waals surface area contributed by atoms with Crippen LogP contribution in [0.5, 0.6) is 5.75 Å². The first-order valence-electron chi connectivity index (χ1n) is 7.86. The van der Waals surface area contributed by atoms with E-state index in [9.17, 15) is 0 Å². The Morgan fingerprint density at radius 2 is 1.95 bits per heavy atom. The van der Waals surface area contributed by atoms with Gasteiger partial charge in [0.05, 0.1) is 24.9 Å². The fourth-order valence-corrected chi connectivity index (χ4v) is 2.87. The molecule has 0 saturated heterocycles. The monoisotopic (exact) mass is 285 g/mol. The maximum absolute atomic E-state index is 5.44. The van der Waals surface area contributed by atoms with Crippen molar-refractivity contribution in [3.63, 3.8) is 0 Å². The van der Waals surface area contributed by atoms with Crippen LogP contribution < -0.4 is 10.1 Å². The molecule has 21 heavy (non-hydrogen) atoms. The Labute approximate surface area is 126 Å². The van der Waals surface area contributed by atoms with Crippen LogP contribution in [0, 0.1) is 0 Å². The second kappa shape index (κ2) is 6.66. The van der Waals surface area contributed by atoms with E-state index >= 15 is 0 Å². The molecule has 0 aliphatic heterocycles. The van der Waals surface area contributed by atoms with Crippen LogP contribution in [0.2, 0.25) is 0 Å². The quantitative estimate of drug-likeness (QED) is 0.871. The van der Waals surface area contributed by atoms with Crippen LogP contribution >= 0.6 is 0 Å². The standard InChI is InChI=1S/C17H23N3O/c1-2-21-17-9-7-14(8-10-17)18-13-15-11-12-20(19-15)16-5-3-4-6-16/h7-12,16,18H,2-6,13H2,1H3. The maximum Gasteiger partial charge on any atom is 0.119 e. The molecule has 1 aromatic heterocycles. The minimum absolute atomic E-state index is 0.615. The van der Waals surface area contributed by atoms with Crippen molar-refractivity contribution < 1.29 is 4.74 Å². The molecular formula is C17H23N3O. The first-order chi connectivity index (χ1) is 10.3. The van der Waals surface area contributed by atoms with Crippen LogP contribution in [0.25, 0.3) is 0 Å². The summed E-state index contributed by atoms with van der Waals surface area (Å²) in [6.07, 6.45) is 7.33. The number of aromatic nitrogens is 2. The van der Waals surface area contributed by atoms with Crippen molar-refractivity contribution in [1.29, 1.82) is 0 Å². The second-order valence-corrected chi connectivity index (χ2v) is 5.54. The van der Waals surface area contributed by atoms with E-state index in [1.165, 1.54) is 25.7 Å². The highest BCUT2D eigenvalue weighted by molar-refractivity contribution is 5.46. The van der Waals surface area contributed by atoms with E-state index < -0.39 is 0 Å². The van der Waals surface area contributed by atoms with Gasteiger partial charge in [-0.2, -0.15) is 5.10 Å². The summed E-state index contributed by atoms with van der Waals surface area (Å²) in [7, 11) is 0. The van der Waals surface area contributed by atoms with E-state index in [0.29, 0.717) is 12.6 Å². The molecule has 0 bridgehead atoms. The fourth-order valence-electron chi connectivity index (χ4n) is 2.87. The summed E-state index contributed by atoms with van der Waals surface area (Å²) < 4.78 is 7.58. The van der Waals surface area contributed by atoms with E-state index in [2.05, 4.69) is 27.4 Å². The van der Waals surface area contributed by atoms with Crippen LogP contribution in [0.1, 0.15) is 44.3 Å². The summed E-state index contributed by atoms with van der Waals surface area (Å²) in [6.45, 7) is 3.45. The number of anilines is 1. The molecule has 4 nitrogen and oxygen atoms in total. The van der Waals surface area contributed by atoms with E-state index in [-0.39, 0.29) is 0 Å². The molecular weight excluding hydrogens is 262 g/mol. The lowest BCUT2D eigenvalue weighted by molar-refractivity contribution is 0.340. The minimum atomic E-state index is 0.615. The Kier molecular flexibility index (Phi) is 4.43. The van der Waals surface area contributed by atoms with Crippen molar-refractivity contribution in [2.75, 3.05) is 11.9 Å². The summed E-state index contributed by atoms with van der Waals surface area (Å²) in [5.41, 5.74) is 2.18. The maximum atomic E-state index is 5.44. The number of nitrogens with zero attached hydrogens (tertiary/aromatic N) is 2. The molecule has 1 N–H and O–H groups in total. The van der Waals surface area contributed by atoms with Gasteiger partial charge in [0, 0.05) is 11.9 Å². The normalized spacial score (nSPS) is 15.3. The molecule has 3 rings (SSSR count). The summed E-state index contributed by atoms with van der Waals surface area (Å²) >= 11 is 0. The zero-order chi connectivity index (χ0) is 14.5. The minimum Gasteiger partial charge on any atom is -0.494 e. The highest BCUT2D eigenvalue weighted by Crippen LogP contribution is 2.28. The van der Waals surface area contributed by atoms with Gasteiger partial charge in [-0.3, -0.25) is 4.68 Å². The van der Waals surface area contributed by atoms with Crippen molar-refractivity contribution in [1.82, 2.24) is 9.78 Å². The summed E-state index contributed by atoms with van der Waals surface area (Å²) in [5, 5.41) is 8.09. The first-order valence-corrected chi connectivity index (χ1v) is 7.86. The topological polar surface area (TPSA) is 39.1 Å². The molecule has 1 heterocycles. The molecule has 1 aromatic carbocycles. The van der Waals surface area contributed by atoms with Crippen molar-refractivity contribution in [3.05, 3.63) is 42.2 Å². The zero-order valence-corrected chi connectivity index (χ0v) is 12.6. The van der Waals surface area contributed by atoms with Gasteiger partial charge in [-0.1, -0.05) is 12.8 Å². The Balaban J connectivity index is 1.54. The lowest BCUT2D eigenvalue weighted by Crippen LogP contribution is -2.07. The molecule has 1 saturated carbocycles. The van der Waals surface area contributed by atoms with Gasteiger partial charge in [0.1, 0.15) is 5.75 Å². The number of ether oxygens (including phenoxy) is 1. The third kappa shape index (κ3) is 3.57. The molecule has 112 valence electrons. The highest BCUT2D eigenvalue weighted by atomic mass is 16.5. The Morgan fingerprint density at radius 3 is 2.67 bits per heavy atom. The van der Waals surface area contributed by atoms with E-state index in [1.54, 1.807) is 0 Å². The van der Waals surface area contributed by atoms with Gasteiger partial charge >= 0.3 is 0 Å². The van der Waals surface area contributed by atoms with E-state index in [4.69, 9.17) is 4.74 Å². The van der Waals surface area contributed by atoms with Crippen LogP contribution in [-0.2, 0) is 6.54 Å². The molecule has 1 aliphatic carbocycles. The van der Waals surface area contributed by atoms with Gasteiger partial charge in [-0.15, -0.1) is 0 Å². The third-order valence-electron chi connectivity index (χ3n) is 4.00. The predicted molar refractivity (Wildman–Crippen MR) is 84.7 cm³/mol. The average molecular weight is 285 g/mol. The number of nitrogens with one attached hydrogen (secondary N) is 1. The van der Waals surface area contributed by atoms with Crippen molar-refractivity contribution in [3.8, 4) is 5.75 Å². The molecule has 4 heteroatoms. The van der Waals surface area contributed by atoms with Gasteiger partial charge in [0.2, 0.25) is 0 Å². The van der Waals surface area contributed by atoms with Crippen molar-refractivity contribution in [2.45, 2.75) is 45.2 Å². The second-order valence-electron chi connectivity index (χ2n) is 5.54. The van der Waals surface area contributed by atoms with Gasteiger partial charge in [-0.25, -0.2) is 0 Å². The predicted octanol–water partition coefficient (Wildman–Crippen LogP) is 4.01. The molecule has 0 unspecified atom stereocenters.